The summed E-state index contributed by atoms with van der Waals surface area (Å²) in [5, 5.41) is 7.53. The molecule has 34 heavy (non-hydrogen) atoms. The zero-order valence-electron chi connectivity index (χ0n) is 17.9. The van der Waals surface area contributed by atoms with Gasteiger partial charge in [-0.1, -0.05) is 23.7 Å². The van der Waals surface area contributed by atoms with Crippen molar-refractivity contribution in [2.75, 3.05) is 5.32 Å². The first-order valence-corrected chi connectivity index (χ1v) is 10.9. The molecule has 3 aromatic rings. The number of aryl methyl sites for hydroxylation is 1. The highest BCUT2D eigenvalue weighted by molar-refractivity contribution is 6.33. The Hall–Kier alpha value is -4.17. The molecule has 168 valence electrons. The number of pyridine rings is 1. The molecule has 0 saturated heterocycles. The Morgan fingerprint density at radius 2 is 2.03 bits per heavy atom. The SMILES string of the molecule is C=NC(=O)c1nn(C2=CCC(=O)C=C2)c2c1CCc1ccc(NC(=O)c3cccnc3Cl)cc1-2. The van der Waals surface area contributed by atoms with Crippen LogP contribution < -0.4 is 5.32 Å². The maximum absolute atomic E-state index is 12.8. The van der Waals surface area contributed by atoms with Crippen molar-refractivity contribution in [3.63, 3.8) is 0 Å². The van der Waals surface area contributed by atoms with Gasteiger partial charge in [0.05, 0.1) is 17.0 Å². The third-order valence-corrected chi connectivity index (χ3v) is 6.10. The lowest BCUT2D eigenvalue weighted by atomic mass is 9.88. The number of benzene rings is 1. The molecule has 2 heterocycles. The summed E-state index contributed by atoms with van der Waals surface area (Å²) in [6.45, 7) is 3.36. The number of aliphatic imine (C=N–C) groups is 1. The molecule has 2 aliphatic rings. The minimum Gasteiger partial charge on any atom is -0.322 e. The molecule has 5 rings (SSSR count). The summed E-state index contributed by atoms with van der Waals surface area (Å²) in [5.74, 6) is -0.898. The van der Waals surface area contributed by atoms with E-state index in [1.54, 1.807) is 29.0 Å². The summed E-state index contributed by atoms with van der Waals surface area (Å²) in [6.07, 6.45) is 8.01. The molecule has 2 amide bonds. The fourth-order valence-corrected chi connectivity index (χ4v) is 4.39. The third kappa shape index (κ3) is 3.78. The number of hydrogen-bond donors (Lipinski definition) is 1. The minimum absolute atomic E-state index is 0.00621. The number of carbonyl (C=O) groups excluding carboxylic acids is 3. The van der Waals surface area contributed by atoms with Crippen LogP contribution in [0.25, 0.3) is 17.0 Å². The second kappa shape index (κ2) is 8.64. The van der Waals surface area contributed by atoms with Crippen LogP contribution in [0.5, 0.6) is 0 Å². The molecule has 0 bridgehead atoms. The van der Waals surface area contributed by atoms with Crippen molar-refractivity contribution in [1.82, 2.24) is 14.8 Å². The number of rotatable bonds is 4. The van der Waals surface area contributed by atoms with Crippen molar-refractivity contribution in [3.05, 3.63) is 82.3 Å². The van der Waals surface area contributed by atoms with Crippen molar-refractivity contribution in [3.8, 4) is 11.3 Å². The molecular formula is C25H18ClN5O3. The Balaban J connectivity index is 1.60. The van der Waals surface area contributed by atoms with Crippen LogP contribution in [-0.2, 0) is 17.6 Å². The van der Waals surface area contributed by atoms with Crippen molar-refractivity contribution < 1.29 is 14.4 Å². The van der Waals surface area contributed by atoms with E-state index in [1.165, 1.54) is 12.3 Å². The zero-order valence-corrected chi connectivity index (χ0v) is 18.7. The van der Waals surface area contributed by atoms with E-state index in [1.807, 2.05) is 18.2 Å². The van der Waals surface area contributed by atoms with Gasteiger partial charge >= 0.3 is 0 Å². The number of anilines is 1. The number of carbonyl (C=O) groups is 3. The first-order chi connectivity index (χ1) is 16.5. The normalized spacial score (nSPS) is 14.1. The maximum atomic E-state index is 12.8. The first kappa shape index (κ1) is 21.7. The predicted octanol–water partition coefficient (Wildman–Crippen LogP) is 4.16. The summed E-state index contributed by atoms with van der Waals surface area (Å²) in [7, 11) is 0. The fraction of sp³-hybridized carbons (Fsp3) is 0.120. The van der Waals surface area contributed by atoms with Gasteiger partial charge < -0.3 is 5.32 Å². The van der Waals surface area contributed by atoms with Crippen LogP contribution in [-0.4, -0.2) is 39.1 Å². The van der Waals surface area contributed by atoms with Crippen LogP contribution >= 0.6 is 11.6 Å². The lowest BCUT2D eigenvalue weighted by Crippen LogP contribution is -2.14. The van der Waals surface area contributed by atoms with Crippen LogP contribution in [0.3, 0.4) is 0 Å². The number of ketones is 1. The van der Waals surface area contributed by atoms with Gasteiger partial charge in [0.1, 0.15) is 5.15 Å². The minimum atomic E-state index is -0.509. The Morgan fingerprint density at radius 3 is 2.76 bits per heavy atom. The van der Waals surface area contributed by atoms with E-state index in [2.05, 4.69) is 27.1 Å². The van der Waals surface area contributed by atoms with Crippen LogP contribution in [0.4, 0.5) is 5.69 Å². The molecule has 1 aromatic carbocycles. The quantitative estimate of drug-likeness (QED) is 0.454. The van der Waals surface area contributed by atoms with Gasteiger partial charge in [0.15, 0.2) is 11.5 Å². The molecule has 8 nitrogen and oxygen atoms in total. The largest absolute Gasteiger partial charge is 0.322 e. The third-order valence-electron chi connectivity index (χ3n) is 5.80. The summed E-state index contributed by atoms with van der Waals surface area (Å²) in [5.41, 5.74) is 5.11. The predicted molar refractivity (Wildman–Crippen MR) is 129 cm³/mol. The smallest absolute Gasteiger partial charge is 0.297 e. The molecule has 0 unspecified atom stereocenters. The molecule has 0 aliphatic heterocycles. The second-order valence-electron chi connectivity index (χ2n) is 7.85. The van der Waals surface area contributed by atoms with Gasteiger partial charge in [-0.3, -0.25) is 14.4 Å². The molecule has 0 spiro atoms. The first-order valence-electron chi connectivity index (χ1n) is 10.6. The van der Waals surface area contributed by atoms with E-state index < -0.39 is 5.91 Å². The number of fused-ring (bicyclic) bond motifs is 3. The molecule has 0 radical (unpaired) electrons. The number of halogens is 1. The van der Waals surface area contributed by atoms with E-state index in [4.69, 9.17) is 11.6 Å². The molecule has 0 saturated carbocycles. The number of nitrogens with one attached hydrogen (secondary N) is 1. The van der Waals surface area contributed by atoms with Gasteiger partial charge in [-0.15, -0.1) is 0 Å². The molecular weight excluding hydrogens is 454 g/mol. The molecule has 9 heteroatoms. The second-order valence-corrected chi connectivity index (χ2v) is 8.21. The lowest BCUT2D eigenvalue weighted by molar-refractivity contribution is -0.113. The van der Waals surface area contributed by atoms with E-state index in [9.17, 15) is 14.4 Å². The Kier molecular flexibility index (Phi) is 5.51. The Bertz CT molecular complexity index is 1450. The van der Waals surface area contributed by atoms with Gasteiger partial charge in [0.25, 0.3) is 11.8 Å². The van der Waals surface area contributed by atoms with E-state index in [0.717, 1.165) is 22.4 Å². The number of aromatic nitrogens is 3. The molecule has 0 atom stereocenters. The summed E-state index contributed by atoms with van der Waals surface area (Å²) in [6, 6.07) is 8.85. The highest BCUT2D eigenvalue weighted by atomic mass is 35.5. The van der Waals surface area contributed by atoms with Crippen LogP contribution in [0.15, 0.2) is 59.7 Å². The number of nitrogens with zero attached hydrogens (tertiary/aromatic N) is 4. The van der Waals surface area contributed by atoms with Crippen molar-refractivity contribution in [2.45, 2.75) is 19.3 Å². The number of amides is 2. The van der Waals surface area contributed by atoms with Gasteiger partial charge in [0.2, 0.25) is 0 Å². The molecule has 2 aromatic heterocycles. The highest BCUT2D eigenvalue weighted by Crippen LogP contribution is 2.39. The zero-order chi connectivity index (χ0) is 23.8. The van der Waals surface area contributed by atoms with Gasteiger partial charge in [-0.05, 0) is 61.5 Å². The highest BCUT2D eigenvalue weighted by Gasteiger charge is 2.29. The Labute approximate surface area is 199 Å². The van der Waals surface area contributed by atoms with Gasteiger partial charge in [-0.2, -0.15) is 5.10 Å². The van der Waals surface area contributed by atoms with Gasteiger partial charge in [-0.25, -0.2) is 14.7 Å². The summed E-state index contributed by atoms with van der Waals surface area (Å²) in [4.78, 5) is 44.4. The van der Waals surface area contributed by atoms with E-state index in [-0.39, 0.29) is 34.5 Å². The number of hydrogen-bond acceptors (Lipinski definition) is 5. The fourth-order valence-electron chi connectivity index (χ4n) is 4.18. The molecule has 0 fully saturated rings. The lowest BCUT2D eigenvalue weighted by Gasteiger charge is -2.21. The van der Waals surface area contributed by atoms with Crippen LogP contribution in [0.1, 0.15) is 38.4 Å². The van der Waals surface area contributed by atoms with Crippen molar-refractivity contribution >= 4 is 47.3 Å². The van der Waals surface area contributed by atoms with E-state index in [0.29, 0.717) is 24.2 Å². The summed E-state index contributed by atoms with van der Waals surface area (Å²) >= 11 is 6.06. The standard InChI is InChI=1S/C25H18ClN5O3/c1-27-25(34)21-18-11-5-14-4-6-15(29-24(33)19-3-2-12-28-23(19)26)13-20(14)22(18)31(30-21)16-7-9-17(32)10-8-16/h2-4,6-9,12-13H,1,5,10-11H2,(H,29,33). The average molecular weight is 472 g/mol. The Morgan fingerprint density at radius 1 is 1.18 bits per heavy atom. The molecule has 1 N–H and O–H groups in total. The van der Waals surface area contributed by atoms with Gasteiger partial charge in [0, 0.05) is 29.4 Å². The maximum Gasteiger partial charge on any atom is 0.297 e. The van der Waals surface area contributed by atoms with Crippen LogP contribution in [0.2, 0.25) is 5.15 Å². The van der Waals surface area contributed by atoms with Crippen molar-refractivity contribution in [2.24, 2.45) is 4.99 Å². The van der Waals surface area contributed by atoms with E-state index >= 15 is 0 Å². The van der Waals surface area contributed by atoms with Crippen LogP contribution in [0, 0.1) is 0 Å². The van der Waals surface area contributed by atoms with Crippen molar-refractivity contribution in [1.29, 1.82) is 0 Å². The number of allylic oxidation sites excluding steroid dienone is 4. The topological polar surface area (TPSA) is 106 Å². The average Bonchev–Trinajstić information content (AvgIpc) is 3.24. The monoisotopic (exact) mass is 471 g/mol. The summed E-state index contributed by atoms with van der Waals surface area (Å²) < 4.78 is 1.66. The molecule has 2 aliphatic carbocycles.